The van der Waals surface area contributed by atoms with Crippen LogP contribution < -0.4 is 10.1 Å². The van der Waals surface area contributed by atoms with E-state index in [1.165, 1.54) is 12.8 Å². The zero-order valence-electron chi connectivity index (χ0n) is 10.3. The lowest BCUT2D eigenvalue weighted by Gasteiger charge is -2.01. The second-order valence-corrected chi connectivity index (χ2v) is 4.51. The topological polar surface area (TPSA) is 47.3 Å². The Labute approximate surface area is 106 Å². The van der Waals surface area contributed by atoms with Gasteiger partial charge in [-0.1, -0.05) is 0 Å². The van der Waals surface area contributed by atoms with Crippen molar-refractivity contribution in [3.05, 3.63) is 36.2 Å². The van der Waals surface area contributed by atoms with Crippen LogP contribution in [0.5, 0.6) is 5.88 Å². The molecule has 2 heterocycles. The minimum absolute atomic E-state index is 0.599. The van der Waals surface area contributed by atoms with Gasteiger partial charge in [0.05, 0.1) is 13.7 Å². The average Bonchev–Trinajstić information content (AvgIpc) is 3.13. The highest BCUT2D eigenvalue weighted by Crippen LogP contribution is 2.25. The molecule has 4 heteroatoms. The minimum Gasteiger partial charge on any atom is -0.481 e. The van der Waals surface area contributed by atoms with Crippen LogP contribution in [0.3, 0.4) is 0 Å². The molecule has 1 aliphatic carbocycles. The second-order valence-electron chi connectivity index (χ2n) is 4.51. The van der Waals surface area contributed by atoms with E-state index < -0.39 is 0 Å². The summed E-state index contributed by atoms with van der Waals surface area (Å²) in [6, 6.07) is 8.48. The largest absolute Gasteiger partial charge is 0.481 e. The molecule has 2 aromatic heterocycles. The molecule has 0 radical (unpaired) electrons. The molecule has 1 saturated carbocycles. The van der Waals surface area contributed by atoms with Crippen LogP contribution >= 0.6 is 0 Å². The normalized spacial score (nSPS) is 14.7. The van der Waals surface area contributed by atoms with Crippen molar-refractivity contribution >= 4 is 0 Å². The summed E-state index contributed by atoms with van der Waals surface area (Å²) in [7, 11) is 1.61. The fourth-order valence-electron chi connectivity index (χ4n) is 1.83. The molecular formula is C14H16N2O2. The molecule has 1 fully saturated rings. The molecule has 0 saturated heterocycles. The Morgan fingerprint density at radius 2 is 2.28 bits per heavy atom. The number of nitrogens with zero attached hydrogens (tertiary/aromatic N) is 1. The predicted molar refractivity (Wildman–Crippen MR) is 68.4 cm³/mol. The molecule has 0 unspecified atom stereocenters. The van der Waals surface area contributed by atoms with Gasteiger partial charge in [-0.2, -0.15) is 0 Å². The standard InChI is InChI=1S/C14H16N2O2/c1-17-14-8-10(6-7-15-14)13-5-4-12(18-13)9-16-11-2-3-11/h4-8,11,16H,2-3,9H2,1H3. The molecule has 3 rings (SSSR count). The molecule has 1 aliphatic rings. The number of hydrogen-bond acceptors (Lipinski definition) is 4. The van der Waals surface area contributed by atoms with E-state index in [9.17, 15) is 0 Å². The lowest BCUT2D eigenvalue weighted by Crippen LogP contribution is -2.14. The maximum Gasteiger partial charge on any atom is 0.213 e. The van der Waals surface area contributed by atoms with Gasteiger partial charge in [0.2, 0.25) is 5.88 Å². The Morgan fingerprint density at radius 3 is 3.06 bits per heavy atom. The van der Waals surface area contributed by atoms with Crippen molar-refractivity contribution in [2.24, 2.45) is 0 Å². The van der Waals surface area contributed by atoms with E-state index in [0.29, 0.717) is 11.9 Å². The molecule has 1 N–H and O–H groups in total. The van der Waals surface area contributed by atoms with E-state index in [0.717, 1.165) is 23.6 Å². The van der Waals surface area contributed by atoms with E-state index in [4.69, 9.17) is 9.15 Å². The molecule has 0 aliphatic heterocycles. The Hall–Kier alpha value is -1.81. The minimum atomic E-state index is 0.599. The van der Waals surface area contributed by atoms with Crippen molar-refractivity contribution in [1.82, 2.24) is 10.3 Å². The van der Waals surface area contributed by atoms with Crippen molar-refractivity contribution in [1.29, 1.82) is 0 Å². The van der Waals surface area contributed by atoms with E-state index in [-0.39, 0.29) is 0 Å². The molecule has 2 aromatic rings. The molecule has 0 atom stereocenters. The average molecular weight is 244 g/mol. The van der Waals surface area contributed by atoms with E-state index in [1.807, 2.05) is 24.3 Å². The van der Waals surface area contributed by atoms with Gasteiger partial charge >= 0.3 is 0 Å². The van der Waals surface area contributed by atoms with Crippen LogP contribution in [0, 0.1) is 0 Å². The summed E-state index contributed by atoms with van der Waals surface area (Å²) in [5.41, 5.74) is 0.986. The number of rotatable bonds is 5. The summed E-state index contributed by atoms with van der Waals surface area (Å²) >= 11 is 0. The number of nitrogens with one attached hydrogen (secondary N) is 1. The second kappa shape index (κ2) is 4.82. The first-order chi connectivity index (χ1) is 8.85. The van der Waals surface area contributed by atoms with Crippen molar-refractivity contribution in [2.45, 2.75) is 25.4 Å². The summed E-state index contributed by atoms with van der Waals surface area (Å²) in [6.07, 6.45) is 4.29. The quantitative estimate of drug-likeness (QED) is 0.878. The highest BCUT2D eigenvalue weighted by molar-refractivity contribution is 5.58. The summed E-state index contributed by atoms with van der Waals surface area (Å²) in [4.78, 5) is 4.08. The fourth-order valence-corrected chi connectivity index (χ4v) is 1.83. The van der Waals surface area contributed by atoms with Gasteiger partial charge < -0.3 is 14.5 Å². The van der Waals surface area contributed by atoms with Crippen molar-refractivity contribution in [3.63, 3.8) is 0 Å². The summed E-state index contributed by atoms with van der Waals surface area (Å²) in [5, 5.41) is 3.43. The SMILES string of the molecule is COc1cc(-c2ccc(CNC3CC3)o2)ccn1. The number of methoxy groups -OCH3 is 1. The number of hydrogen-bond donors (Lipinski definition) is 1. The lowest BCUT2D eigenvalue weighted by atomic mass is 10.2. The van der Waals surface area contributed by atoms with Crippen LogP contribution in [-0.2, 0) is 6.54 Å². The Morgan fingerprint density at radius 1 is 1.39 bits per heavy atom. The third kappa shape index (κ3) is 2.54. The Bertz CT molecular complexity index is 532. The first kappa shape index (κ1) is 11.3. The molecule has 0 aromatic carbocycles. The lowest BCUT2D eigenvalue weighted by molar-refractivity contribution is 0.398. The number of ether oxygens (including phenoxy) is 1. The molecular weight excluding hydrogens is 228 g/mol. The summed E-state index contributed by atoms with van der Waals surface area (Å²) in [6.45, 7) is 0.798. The number of pyridine rings is 1. The molecule has 4 nitrogen and oxygen atoms in total. The van der Waals surface area contributed by atoms with E-state index in [2.05, 4.69) is 10.3 Å². The first-order valence-corrected chi connectivity index (χ1v) is 6.17. The van der Waals surface area contributed by atoms with Gasteiger partial charge in [-0.15, -0.1) is 0 Å². The smallest absolute Gasteiger partial charge is 0.213 e. The van der Waals surface area contributed by atoms with Crippen LogP contribution in [0.25, 0.3) is 11.3 Å². The van der Waals surface area contributed by atoms with Crippen LogP contribution in [0.1, 0.15) is 18.6 Å². The summed E-state index contributed by atoms with van der Waals surface area (Å²) < 4.78 is 10.9. The van der Waals surface area contributed by atoms with Gasteiger partial charge in [0.1, 0.15) is 11.5 Å². The third-order valence-electron chi connectivity index (χ3n) is 3.03. The first-order valence-electron chi connectivity index (χ1n) is 6.17. The van der Waals surface area contributed by atoms with E-state index in [1.54, 1.807) is 13.3 Å². The van der Waals surface area contributed by atoms with Crippen LogP contribution in [-0.4, -0.2) is 18.1 Å². The highest BCUT2D eigenvalue weighted by atomic mass is 16.5. The Balaban J connectivity index is 1.74. The zero-order chi connectivity index (χ0) is 12.4. The number of aromatic nitrogens is 1. The summed E-state index contributed by atoms with van der Waals surface area (Å²) in [5.74, 6) is 2.41. The van der Waals surface area contributed by atoms with Crippen LogP contribution in [0.4, 0.5) is 0 Å². The molecule has 0 bridgehead atoms. The zero-order valence-corrected chi connectivity index (χ0v) is 10.3. The molecule has 94 valence electrons. The maximum absolute atomic E-state index is 5.80. The number of furan rings is 1. The molecule has 0 spiro atoms. The van der Waals surface area contributed by atoms with Crippen molar-refractivity contribution in [2.75, 3.05) is 7.11 Å². The van der Waals surface area contributed by atoms with E-state index >= 15 is 0 Å². The highest BCUT2D eigenvalue weighted by Gasteiger charge is 2.20. The van der Waals surface area contributed by atoms with Gasteiger partial charge in [-0.05, 0) is 31.0 Å². The van der Waals surface area contributed by atoms with Gasteiger partial charge in [-0.25, -0.2) is 4.98 Å². The van der Waals surface area contributed by atoms with Gasteiger partial charge in [-0.3, -0.25) is 0 Å². The predicted octanol–water partition coefficient (Wildman–Crippen LogP) is 2.60. The van der Waals surface area contributed by atoms with Crippen LogP contribution in [0.2, 0.25) is 0 Å². The van der Waals surface area contributed by atoms with Gasteiger partial charge in [0.15, 0.2) is 0 Å². The van der Waals surface area contributed by atoms with Gasteiger partial charge in [0, 0.05) is 23.9 Å². The Kier molecular flexibility index (Phi) is 3.02. The monoisotopic (exact) mass is 244 g/mol. The third-order valence-corrected chi connectivity index (χ3v) is 3.03. The van der Waals surface area contributed by atoms with Crippen molar-refractivity contribution in [3.8, 4) is 17.2 Å². The van der Waals surface area contributed by atoms with Gasteiger partial charge in [0.25, 0.3) is 0 Å². The molecule has 0 amide bonds. The molecule has 18 heavy (non-hydrogen) atoms. The van der Waals surface area contributed by atoms with Crippen LogP contribution in [0.15, 0.2) is 34.9 Å². The van der Waals surface area contributed by atoms with Crippen molar-refractivity contribution < 1.29 is 9.15 Å². The maximum atomic E-state index is 5.80. The fraction of sp³-hybridized carbons (Fsp3) is 0.357.